The van der Waals surface area contributed by atoms with Crippen molar-refractivity contribution < 1.29 is 9.84 Å². The number of benzene rings is 1. The van der Waals surface area contributed by atoms with Crippen LogP contribution in [0.1, 0.15) is 11.1 Å². The van der Waals surface area contributed by atoms with Crippen LogP contribution >= 0.6 is 11.6 Å². The summed E-state index contributed by atoms with van der Waals surface area (Å²) in [6.45, 7) is 3.21. The van der Waals surface area contributed by atoms with E-state index < -0.39 is 6.10 Å². The van der Waals surface area contributed by atoms with Crippen LogP contribution in [0.15, 0.2) is 12.1 Å². The highest BCUT2D eigenvalue weighted by Crippen LogP contribution is 2.26. The molecule has 0 fully saturated rings. The molecule has 1 aromatic rings. The molecule has 0 amide bonds. The van der Waals surface area contributed by atoms with E-state index in [1.54, 1.807) is 7.11 Å². The van der Waals surface area contributed by atoms with E-state index in [0.717, 1.165) is 16.9 Å². The van der Waals surface area contributed by atoms with E-state index >= 15 is 0 Å². The number of rotatable bonds is 6. The number of hydrogen-bond acceptors (Lipinski definition) is 4. The molecule has 0 aliphatic rings. The summed E-state index contributed by atoms with van der Waals surface area (Å²) in [7, 11) is 1.63. The monoisotopic (exact) mass is 258 g/mol. The second kappa shape index (κ2) is 6.81. The molecule has 96 valence electrons. The second-order valence-electron chi connectivity index (χ2n) is 3.93. The number of halogens is 1. The lowest BCUT2D eigenvalue weighted by molar-refractivity contribution is 0.179. The van der Waals surface area contributed by atoms with Gasteiger partial charge < -0.3 is 20.9 Å². The number of methoxy groups -OCH3 is 1. The highest BCUT2D eigenvalue weighted by Gasteiger charge is 2.07. The number of aryl methyl sites for hydroxylation is 1. The van der Waals surface area contributed by atoms with Gasteiger partial charge in [-0.1, -0.05) is 11.6 Å². The number of ether oxygens (including phenoxy) is 1. The van der Waals surface area contributed by atoms with Crippen molar-refractivity contribution in [3.05, 3.63) is 28.3 Å². The predicted molar refractivity (Wildman–Crippen MR) is 69.5 cm³/mol. The fourth-order valence-corrected chi connectivity index (χ4v) is 1.67. The molecule has 17 heavy (non-hydrogen) atoms. The Morgan fingerprint density at radius 2 is 2.24 bits per heavy atom. The molecule has 0 aliphatic carbocycles. The quantitative estimate of drug-likeness (QED) is 0.714. The maximum absolute atomic E-state index is 9.32. The molecule has 0 radical (unpaired) electrons. The van der Waals surface area contributed by atoms with Crippen LogP contribution in [0.2, 0.25) is 5.02 Å². The molecule has 1 aromatic carbocycles. The normalized spacial score (nSPS) is 12.5. The number of aliphatic hydroxyl groups is 1. The molecule has 4 nitrogen and oxygen atoms in total. The van der Waals surface area contributed by atoms with Gasteiger partial charge >= 0.3 is 0 Å². The van der Waals surface area contributed by atoms with Gasteiger partial charge in [-0.15, -0.1) is 0 Å². The number of nitrogens with one attached hydrogen (secondary N) is 1. The van der Waals surface area contributed by atoms with Crippen LogP contribution in [0.25, 0.3) is 0 Å². The third-order valence-electron chi connectivity index (χ3n) is 2.53. The molecule has 0 saturated heterocycles. The van der Waals surface area contributed by atoms with Gasteiger partial charge in [0.05, 0.1) is 13.2 Å². The van der Waals surface area contributed by atoms with E-state index in [9.17, 15) is 5.11 Å². The summed E-state index contributed by atoms with van der Waals surface area (Å²) in [5.74, 6) is 0.793. The Kier molecular flexibility index (Phi) is 5.71. The Morgan fingerprint density at radius 3 is 2.82 bits per heavy atom. The maximum Gasteiger partial charge on any atom is 0.123 e. The van der Waals surface area contributed by atoms with Crippen molar-refractivity contribution in [2.45, 2.75) is 19.6 Å². The first kappa shape index (κ1) is 14.3. The van der Waals surface area contributed by atoms with Crippen LogP contribution in [0.5, 0.6) is 5.75 Å². The van der Waals surface area contributed by atoms with Crippen molar-refractivity contribution in [3.63, 3.8) is 0 Å². The van der Waals surface area contributed by atoms with Crippen molar-refractivity contribution >= 4 is 11.6 Å². The maximum atomic E-state index is 9.32. The average Bonchev–Trinajstić information content (AvgIpc) is 2.32. The van der Waals surface area contributed by atoms with E-state index in [4.69, 9.17) is 22.1 Å². The number of aliphatic hydroxyl groups excluding tert-OH is 1. The van der Waals surface area contributed by atoms with Gasteiger partial charge in [-0.2, -0.15) is 0 Å². The SMILES string of the molecule is COc1cc(C)c(Cl)cc1CNCC(O)CN. The van der Waals surface area contributed by atoms with Crippen LogP contribution in [-0.2, 0) is 6.54 Å². The first-order valence-corrected chi connectivity index (χ1v) is 5.88. The molecule has 0 bridgehead atoms. The Labute approximate surface area is 107 Å². The summed E-state index contributed by atoms with van der Waals surface area (Å²) in [4.78, 5) is 0. The van der Waals surface area contributed by atoms with Crippen molar-refractivity contribution in [1.82, 2.24) is 5.32 Å². The molecular weight excluding hydrogens is 240 g/mol. The Morgan fingerprint density at radius 1 is 1.53 bits per heavy atom. The summed E-state index contributed by atoms with van der Waals surface area (Å²) in [5, 5.41) is 13.1. The van der Waals surface area contributed by atoms with Gasteiger partial charge in [0, 0.05) is 30.2 Å². The number of nitrogens with two attached hydrogens (primary N) is 1. The van der Waals surface area contributed by atoms with E-state index in [-0.39, 0.29) is 6.54 Å². The summed E-state index contributed by atoms with van der Waals surface area (Å²) in [6.07, 6.45) is -0.526. The molecule has 1 atom stereocenters. The minimum Gasteiger partial charge on any atom is -0.496 e. The van der Waals surface area contributed by atoms with Crippen LogP contribution in [-0.4, -0.2) is 31.4 Å². The molecule has 1 unspecified atom stereocenters. The van der Waals surface area contributed by atoms with E-state index in [1.807, 2.05) is 19.1 Å². The lowest BCUT2D eigenvalue weighted by Gasteiger charge is -2.13. The van der Waals surface area contributed by atoms with E-state index in [0.29, 0.717) is 18.1 Å². The zero-order valence-corrected chi connectivity index (χ0v) is 10.9. The van der Waals surface area contributed by atoms with Gasteiger partial charge in [0.25, 0.3) is 0 Å². The predicted octanol–water partition coefficient (Wildman–Crippen LogP) is 1.07. The summed E-state index contributed by atoms with van der Waals surface area (Å²) in [6, 6.07) is 3.77. The van der Waals surface area contributed by atoms with Gasteiger partial charge in [-0.3, -0.25) is 0 Å². The Hall–Kier alpha value is -0.810. The number of hydrogen-bond donors (Lipinski definition) is 3. The van der Waals surface area contributed by atoms with Gasteiger partial charge in [0.2, 0.25) is 0 Å². The average molecular weight is 259 g/mol. The van der Waals surface area contributed by atoms with Crippen molar-refractivity contribution in [3.8, 4) is 5.75 Å². The molecule has 4 N–H and O–H groups in total. The Bertz CT molecular complexity index is 372. The first-order chi connectivity index (χ1) is 8.08. The van der Waals surface area contributed by atoms with Gasteiger partial charge in [0.1, 0.15) is 5.75 Å². The standard InChI is InChI=1S/C12H19ClN2O2/c1-8-3-12(17-2)9(4-11(8)13)6-15-7-10(16)5-14/h3-4,10,15-16H,5-7,14H2,1-2H3. The third-order valence-corrected chi connectivity index (χ3v) is 2.94. The minimum atomic E-state index is -0.526. The molecular formula is C12H19ClN2O2. The van der Waals surface area contributed by atoms with Gasteiger partial charge in [0.15, 0.2) is 0 Å². The third kappa shape index (κ3) is 4.16. The zero-order chi connectivity index (χ0) is 12.8. The van der Waals surface area contributed by atoms with Gasteiger partial charge in [-0.25, -0.2) is 0 Å². The zero-order valence-electron chi connectivity index (χ0n) is 10.2. The molecule has 0 spiro atoms. The van der Waals surface area contributed by atoms with Crippen molar-refractivity contribution in [2.75, 3.05) is 20.2 Å². The highest BCUT2D eigenvalue weighted by atomic mass is 35.5. The molecule has 0 saturated carbocycles. The molecule has 0 aliphatic heterocycles. The molecule has 0 heterocycles. The fraction of sp³-hybridized carbons (Fsp3) is 0.500. The van der Waals surface area contributed by atoms with Crippen LogP contribution in [0.4, 0.5) is 0 Å². The van der Waals surface area contributed by atoms with E-state index in [1.165, 1.54) is 0 Å². The summed E-state index contributed by atoms with van der Waals surface area (Å²) < 4.78 is 5.28. The van der Waals surface area contributed by atoms with Gasteiger partial charge in [-0.05, 0) is 24.6 Å². The van der Waals surface area contributed by atoms with Crippen LogP contribution in [0.3, 0.4) is 0 Å². The summed E-state index contributed by atoms with van der Waals surface area (Å²) >= 11 is 6.06. The smallest absolute Gasteiger partial charge is 0.123 e. The minimum absolute atomic E-state index is 0.249. The molecule has 5 heteroatoms. The van der Waals surface area contributed by atoms with Crippen molar-refractivity contribution in [2.24, 2.45) is 5.73 Å². The largest absolute Gasteiger partial charge is 0.496 e. The summed E-state index contributed by atoms with van der Waals surface area (Å²) in [5.41, 5.74) is 7.26. The van der Waals surface area contributed by atoms with Crippen LogP contribution < -0.4 is 15.8 Å². The van der Waals surface area contributed by atoms with E-state index in [2.05, 4.69) is 5.32 Å². The topological polar surface area (TPSA) is 67.5 Å². The molecule has 1 rings (SSSR count). The fourth-order valence-electron chi connectivity index (χ4n) is 1.48. The Balaban J connectivity index is 2.66. The second-order valence-corrected chi connectivity index (χ2v) is 4.34. The van der Waals surface area contributed by atoms with Crippen LogP contribution in [0, 0.1) is 6.92 Å². The highest BCUT2D eigenvalue weighted by molar-refractivity contribution is 6.31. The lowest BCUT2D eigenvalue weighted by Crippen LogP contribution is -2.32. The van der Waals surface area contributed by atoms with Crippen molar-refractivity contribution in [1.29, 1.82) is 0 Å². The molecule has 0 aromatic heterocycles. The lowest BCUT2D eigenvalue weighted by atomic mass is 10.1. The first-order valence-electron chi connectivity index (χ1n) is 5.50.